The molecule has 0 atom stereocenters. The van der Waals surface area contributed by atoms with Gasteiger partial charge in [-0.05, 0) is 18.6 Å². The summed E-state index contributed by atoms with van der Waals surface area (Å²) < 4.78 is 0. The number of hydrogen-bond acceptors (Lipinski definition) is 4. The Hall–Kier alpha value is -0.550. The molecule has 0 aromatic carbocycles. The van der Waals surface area contributed by atoms with Gasteiger partial charge in [0.05, 0.1) is 10.6 Å². The first-order valence-corrected chi connectivity index (χ1v) is 7.56. The molecule has 1 aromatic heterocycles. The minimum Gasteiger partial charge on any atom is -0.383 e. The van der Waals surface area contributed by atoms with Crippen LogP contribution in [0.25, 0.3) is 0 Å². The van der Waals surface area contributed by atoms with E-state index in [4.69, 9.17) is 11.1 Å². The van der Waals surface area contributed by atoms with Gasteiger partial charge in [-0.1, -0.05) is 20.3 Å². The fraction of sp³-hybridized carbons (Fsp3) is 0.636. The second-order valence-electron chi connectivity index (χ2n) is 3.60. The van der Waals surface area contributed by atoms with Gasteiger partial charge in [0.25, 0.3) is 0 Å². The van der Waals surface area contributed by atoms with Crippen molar-refractivity contribution in [1.29, 1.82) is 5.41 Å². The molecule has 16 heavy (non-hydrogen) atoms. The molecule has 0 fully saturated rings. The second kappa shape index (κ2) is 6.91. The highest BCUT2D eigenvalue weighted by molar-refractivity contribution is 7.98. The SMILES string of the molecule is CCCSCc1nc(CCC)c(C(=N)N)s1. The summed E-state index contributed by atoms with van der Waals surface area (Å²) in [6.45, 7) is 4.30. The van der Waals surface area contributed by atoms with Gasteiger partial charge in [0, 0.05) is 5.75 Å². The highest BCUT2D eigenvalue weighted by Crippen LogP contribution is 2.23. The summed E-state index contributed by atoms with van der Waals surface area (Å²) >= 11 is 3.47. The maximum absolute atomic E-state index is 7.52. The molecule has 1 aromatic rings. The van der Waals surface area contributed by atoms with Crippen molar-refractivity contribution in [3.05, 3.63) is 15.6 Å². The quantitative estimate of drug-likeness (QED) is 0.448. The molecule has 0 unspecified atom stereocenters. The van der Waals surface area contributed by atoms with Crippen molar-refractivity contribution in [2.45, 2.75) is 38.9 Å². The average molecular weight is 257 g/mol. The van der Waals surface area contributed by atoms with E-state index in [1.807, 2.05) is 11.8 Å². The average Bonchev–Trinajstić information content (AvgIpc) is 2.62. The smallest absolute Gasteiger partial charge is 0.135 e. The van der Waals surface area contributed by atoms with E-state index in [-0.39, 0.29) is 5.84 Å². The second-order valence-corrected chi connectivity index (χ2v) is 5.79. The lowest BCUT2D eigenvalue weighted by molar-refractivity contribution is 0.884. The normalized spacial score (nSPS) is 10.6. The summed E-state index contributed by atoms with van der Waals surface area (Å²) in [7, 11) is 0. The van der Waals surface area contributed by atoms with Crippen LogP contribution < -0.4 is 5.73 Å². The van der Waals surface area contributed by atoms with E-state index in [0.29, 0.717) is 0 Å². The third-order valence-electron chi connectivity index (χ3n) is 2.05. The zero-order valence-electron chi connectivity index (χ0n) is 9.88. The first kappa shape index (κ1) is 13.5. The number of aryl methyl sites for hydroxylation is 1. The number of amidine groups is 1. The van der Waals surface area contributed by atoms with Gasteiger partial charge in [-0.3, -0.25) is 5.41 Å². The van der Waals surface area contributed by atoms with Crippen molar-refractivity contribution in [2.75, 3.05) is 5.75 Å². The van der Waals surface area contributed by atoms with Crippen molar-refractivity contribution in [3.63, 3.8) is 0 Å². The monoisotopic (exact) mass is 257 g/mol. The van der Waals surface area contributed by atoms with Crippen molar-refractivity contribution in [2.24, 2.45) is 5.73 Å². The van der Waals surface area contributed by atoms with Crippen LogP contribution in [0, 0.1) is 5.41 Å². The molecule has 0 aliphatic heterocycles. The summed E-state index contributed by atoms with van der Waals surface area (Å²) in [4.78, 5) is 5.44. The van der Waals surface area contributed by atoms with Gasteiger partial charge in [-0.15, -0.1) is 11.3 Å². The zero-order valence-corrected chi connectivity index (χ0v) is 11.5. The number of thioether (sulfide) groups is 1. The summed E-state index contributed by atoms with van der Waals surface area (Å²) in [5, 5.41) is 8.63. The molecule has 1 heterocycles. The van der Waals surface area contributed by atoms with Crippen molar-refractivity contribution >= 4 is 28.9 Å². The Labute approximate surface area is 105 Å². The van der Waals surface area contributed by atoms with Crippen molar-refractivity contribution in [3.8, 4) is 0 Å². The van der Waals surface area contributed by atoms with Crippen molar-refractivity contribution < 1.29 is 0 Å². The predicted molar refractivity (Wildman–Crippen MR) is 73.6 cm³/mol. The summed E-state index contributed by atoms with van der Waals surface area (Å²) in [5.41, 5.74) is 6.57. The van der Waals surface area contributed by atoms with Gasteiger partial charge in [0.15, 0.2) is 0 Å². The molecule has 0 saturated carbocycles. The van der Waals surface area contributed by atoms with Crippen LogP contribution in [0.5, 0.6) is 0 Å². The van der Waals surface area contributed by atoms with Crippen LogP contribution in [0.2, 0.25) is 0 Å². The van der Waals surface area contributed by atoms with Crippen LogP contribution in [0.3, 0.4) is 0 Å². The lowest BCUT2D eigenvalue weighted by Crippen LogP contribution is -2.11. The molecule has 0 aliphatic rings. The third-order valence-corrected chi connectivity index (χ3v) is 4.54. The number of hydrogen-bond donors (Lipinski definition) is 2. The van der Waals surface area contributed by atoms with Crippen LogP contribution in [0.15, 0.2) is 0 Å². The Morgan fingerprint density at radius 2 is 2.19 bits per heavy atom. The summed E-state index contributed by atoms with van der Waals surface area (Å²) in [6.07, 6.45) is 3.16. The Kier molecular flexibility index (Phi) is 5.84. The highest BCUT2D eigenvalue weighted by Gasteiger charge is 2.12. The van der Waals surface area contributed by atoms with E-state index >= 15 is 0 Å². The van der Waals surface area contributed by atoms with Gasteiger partial charge in [-0.2, -0.15) is 11.8 Å². The minimum atomic E-state index is 0.160. The predicted octanol–water partition coefficient (Wildman–Crippen LogP) is 3.02. The lowest BCUT2D eigenvalue weighted by atomic mass is 10.2. The third kappa shape index (κ3) is 3.79. The number of nitrogens with two attached hydrogens (primary N) is 1. The van der Waals surface area contributed by atoms with Crippen LogP contribution in [-0.4, -0.2) is 16.6 Å². The highest BCUT2D eigenvalue weighted by atomic mass is 32.2. The Balaban J connectivity index is 2.72. The Morgan fingerprint density at radius 3 is 2.75 bits per heavy atom. The van der Waals surface area contributed by atoms with E-state index in [1.165, 1.54) is 6.42 Å². The molecule has 0 bridgehead atoms. The molecule has 3 N–H and O–H groups in total. The minimum absolute atomic E-state index is 0.160. The maximum atomic E-state index is 7.52. The fourth-order valence-corrected chi connectivity index (χ4v) is 3.31. The Morgan fingerprint density at radius 1 is 1.44 bits per heavy atom. The number of nitrogens with one attached hydrogen (secondary N) is 1. The molecule has 1 rings (SSSR count). The van der Waals surface area contributed by atoms with Crippen LogP contribution in [-0.2, 0) is 12.2 Å². The van der Waals surface area contributed by atoms with Gasteiger partial charge in [0.1, 0.15) is 10.8 Å². The first-order valence-electron chi connectivity index (χ1n) is 5.59. The number of nitrogens with zero attached hydrogens (tertiary/aromatic N) is 1. The zero-order chi connectivity index (χ0) is 12.0. The molecule has 0 amide bonds. The number of aromatic nitrogens is 1. The number of rotatable bonds is 7. The number of thiazole rings is 1. The molecule has 0 aliphatic carbocycles. The van der Waals surface area contributed by atoms with Gasteiger partial charge < -0.3 is 5.73 Å². The molecular formula is C11H19N3S2. The summed E-state index contributed by atoms with van der Waals surface area (Å²) in [6, 6.07) is 0. The molecule has 5 heteroatoms. The van der Waals surface area contributed by atoms with Crippen LogP contribution in [0.4, 0.5) is 0 Å². The lowest BCUT2D eigenvalue weighted by Gasteiger charge is -1.96. The van der Waals surface area contributed by atoms with E-state index in [1.54, 1.807) is 11.3 Å². The van der Waals surface area contributed by atoms with E-state index in [2.05, 4.69) is 18.8 Å². The molecule has 90 valence electrons. The fourth-order valence-electron chi connectivity index (χ4n) is 1.38. The standard InChI is InChI=1S/C11H19N3S2/c1-3-5-8-10(11(12)13)16-9(14-8)7-15-6-4-2/h3-7H2,1-2H3,(H3,12,13). The van der Waals surface area contributed by atoms with E-state index < -0.39 is 0 Å². The van der Waals surface area contributed by atoms with Crippen LogP contribution in [0.1, 0.15) is 42.3 Å². The first-order chi connectivity index (χ1) is 7.69. The maximum Gasteiger partial charge on any atom is 0.135 e. The molecular weight excluding hydrogens is 238 g/mol. The molecule has 0 saturated heterocycles. The molecule has 0 spiro atoms. The van der Waals surface area contributed by atoms with Crippen LogP contribution >= 0.6 is 23.1 Å². The number of nitrogen functional groups attached to an aromatic ring is 1. The van der Waals surface area contributed by atoms with Crippen molar-refractivity contribution in [1.82, 2.24) is 4.98 Å². The topological polar surface area (TPSA) is 62.8 Å². The largest absolute Gasteiger partial charge is 0.383 e. The van der Waals surface area contributed by atoms with Gasteiger partial charge in [-0.25, -0.2) is 4.98 Å². The molecule has 0 radical (unpaired) electrons. The van der Waals surface area contributed by atoms with Gasteiger partial charge >= 0.3 is 0 Å². The van der Waals surface area contributed by atoms with Gasteiger partial charge in [0.2, 0.25) is 0 Å². The molecule has 3 nitrogen and oxygen atoms in total. The van der Waals surface area contributed by atoms with E-state index in [9.17, 15) is 0 Å². The van der Waals surface area contributed by atoms with E-state index in [0.717, 1.165) is 39.9 Å². The summed E-state index contributed by atoms with van der Waals surface area (Å²) in [5.74, 6) is 2.27. The Bertz CT molecular complexity index is 347.